The Balaban J connectivity index is 2.97. The fourth-order valence-corrected chi connectivity index (χ4v) is 1.21. The molecule has 1 aromatic rings. The molecule has 17 heavy (non-hydrogen) atoms. The summed E-state index contributed by atoms with van der Waals surface area (Å²) in [6, 6.07) is 4.71. The molecule has 0 heterocycles. The molecule has 1 amide bonds. The molecule has 0 radical (unpaired) electrons. The third-order valence-corrected chi connectivity index (χ3v) is 2.11. The van der Waals surface area contributed by atoms with E-state index in [9.17, 15) is 9.59 Å². The highest BCUT2D eigenvalue weighted by Gasteiger charge is 2.14. The Hall–Kier alpha value is -2.04. The Morgan fingerprint density at radius 1 is 1.47 bits per heavy atom. The zero-order valence-corrected chi connectivity index (χ0v) is 9.80. The van der Waals surface area contributed by atoms with Crippen LogP contribution in [-0.4, -0.2) is 24.9 Å². The smallest absolute Gasteiger partial charge is 0.258 e. The van der Waals surface area contributed by atoms with Crippen LogP contribution in [0.15, 0.2) is 18.2 Å². The average Bonchev–Trinajstić information content (AvgIpc) is 2.31. The first-order chi connectivity index (χ1) is 8.08. The number of carbonyl (C=O) groups excluding carboxylic acids is 2. The first-order valence-corrected chi connectivity index (χ1v) is 5.26. The third-order valence-electron chi connectivity index (χ3n) is 2.11. The largest absolute Gasteiger partial charge is 0.490 e. The average molecular weight is 237 g/mol. The van der Waals surface area contributed by atoms with Gasteiger partial charge in [-0.25, -0.2) is 0 Å². The first-order valence-electron chi connectivity index (χ1n) is 5.26. The minimum Gasteiger partial charge on any atom is -0.490 e. The molecule has 92 valence electrons. The van der Waals surface area contributed by atoms with Crippen molar-refractivity contribution in [3.63, 3.8) is 0 Å². The van der Waals surface area contributed by atoms with E-state index >= 15 is 0 Å². The van der Waals surface area contributed by atoms with Gasteiger partial charge in [0.25, 0.3) is 5.91 Å². The van der Waals surface area contributed by atoms with E-state index < -0.39 is 12.0 Å². The van der Waals surface area contributed by atoms with Crippen molar-refractivity contribution in [3.8, 4) is 11.5 Å². The molecule has 0 saturated carbocycles. The van der Waals surface area contributed by atoms with Gasteiger partial charge in [-0.2, -0.15) is 0 Å². The van der Waals surface area contributed by atoms with Crippen molar-refractivity contribution in [2.24, 2.45) is 5.73 Å². The molecule has 0 aliphatic rings. The van der Waals surface area contributed by atoms with Crippen LogP contribution in [0.2, 0.25) is 0 Å². The van der Waals surface area contributed by atoms with Gasteiger partial charge in [-0.05, 0) is 32.0 Å². The SMILES string of the molecule is CCOc1cc(C=O)ccc1OC(C)C(N)=O. The summed E-state index contributed by atoms with van der Waals surface area (Å²) in [7, 11) is 0. The highest BCUT2D eigenvalue weighted by atomic mass is 16.5. The van der Waals surface area contributed by atoms with E-state index in [4.69, 9.17) is 15.2 Å². The second-order valence-corrected chi connectivity index (χ2v) is 3.42. The topological polar surface area (TPSA) is 78.6 Å². The number of rotatable bonds is 6. The lowest BCUT2D eigenvalue weighted by molar-refractivity contribution is -0.124. The Labute approximate surface area is 99.5 Å². The molecule has 0 spiro atoms. The lowest BCUT2D eigenvalue weighted by Gasteiger charge is -2.15. The summed E-state index contributed by atoms with van der Waals surface area (Å²) >= 11 is 0. The Morgan fingerprint density at radius 2 is 2.18 bits per heavy atom. The maximum atomic E-state index is 10.9. The Bertz CT molecular complexity index is 417. The van der Waals surface area contributed by atoms with Crippen molar-refractivity contribution in [1.29, 1.82) is 0 Å². The predicted octanol–water partition coefficient (Wildman–Crippen LogP) is 1.15. The van der Waals surface area contributed by atoms with Gasteiger partial charge >= 0.3 is 0 Å². The monoisotopic (exact) mass is 237 g/mol. The minimum atomic E-state index is -0.753. The number of nitrogens with two attached hydrogens (primary N) is 1. The van der Waals surface area contributed by atoms with E-state index in [1.54, 1.807) is 25.1 Å². The number of benzene rings is 1. The van der Waals surface area contributed by atoms with Gasteiger partial charge in [0, 0.05) is 5.56 Å². The molecule has 0 aromatic heterocycles. The van der Waals surface area contributed by atoms with Gasteiger partial charge in [0.2, 0.25) is 0 Å². The summed E-state index contributed by atoms with van der Waals surface area (Å²) in [4.78, 5) is 21.5. The van der Waals surface area contributed by atoms with E-state index in [0.717, 1.165) is 0 Å². The van der Waals surface area contributed by atoms with Crippen LogP contribution >= 0.6 is 0 Å². The second-order valence-electron chi connectivity index (χ2n) is 3.42. The van der Waals surface area contributed by atoms with Crippen LogP contribution < -0.4 is 15.2 Å². The van der Waals surface area contributed by atoms with E-state index in [2.05, 4.69) is 0 Å². The van der Waals surface area contributed by atoms with Gasteiger partial charge in [-0.1, -0.05) is 0 Å². The number of aldehydes is 1. The first kappa shape index (κ1) is 13.0. The van der Waals surface area contributed by atoms with Crippen molar-refractivity contribution in [2.75, 3.05) is 6.61 Å². The van der Waals surface area contributed by atoms with E-state index in [1.165, 1.54) is 0 Å². The summed E-state index contributed by atoms with van der Waals surface area (Å²) in [6.45, 7) is 3.80. The quantitative estimate of drug-likeness (QED) is 0.753. The molecule has 0 aliphatic carbocycles. The van der Waals surface area contributed by atoms with Crippen LogP contribution in [-0.2, 0) is 4.79 Å². The number of hydrogen-bond donors (Lipinski definition) is 1. The number of carbonyl (C=O) groups is 2. The van der Waals surface area contributed by atoms with Gasteiger partial charge in [0.1, 0.15) is 6.29 Å². The Morgan fingerprint density at radius 3 is 2.71 bits per heavy atom. The third kappa shape index (κ3) is 3.48. The molecule has 1 rings (SSSR count). The normalized spacial score (nSPS) is 11.6. The van der Waals surface area contributed by atoms with Crippen LogP contribution in [0.5, 0.6) is 11.5 Å². The summed E-state index contributed by atoms with van der Waals surface area (Å²) in [5, 5.41) is 0. The van der Waals surface area contributed by atoms with Crippen molar-refractivity contribution in [3.05, 3.63) is 23.8 Å². The molecule has 1 aromatic carbocycles. The Kier molecular flexibility index (Phi) is 4.51. The molecule has 0 saturated heterocycles. The van der Waals surface area contributed by atoms with Gasteiger partial charge in [0.15, 0.2) is 17.6 Å². The lowest BCUT2D eigenvalue weighted by Crippen LogP contribution is -2.30. The molecule has 1 unspecified atom stereocenters. The van der Waals surface area contributed by atoms with Crippen LogP contribution in [0.3, 0.4) is 0 Å². The molecule has 5 heteroatoms. The number of ether oxygens (including phenoxy) is 2. The number of amides is 1. The van der Waals surface area contributed by atoms with Gasteiger partial charge < -0.3 is 15.2 Å². The molecule has 0 bridgehead atoms. The highest BCUT2D eigenvalue weighted by molar-refractivity contribution is 5.79. The number of primary amides is 1. The second kappa shape index (κ2) is 5.89. The van der Waals surface area contributed by atoms with E-state index in [0.29, 0.717) is 30.0 Å². The molecule has 2 N–H and O–H groups in total. The van der Waals surface area contributed by atoms with Gasteiger partial charge in [-0.3, -0.25) is 9.59 Å². The van der Waals surface area contributed by atoms with Crippen LogP contribution in [0.4, 0.5) is 0 Å². The summed E-state index contributed by atoms with van der Waals surface area (Å²) in [5.74, 6) is 0.251. The molecule has 1 atom stereocenters. The molecule has 5 nitrogen and oxygen atoms in total. The lowest BCUT2D eigenvalue weighted by atomic mass is 10.2. The fourth-order valence-electron chi connectivity index (χ4n) is 1.21. The predicted molar refractivity (Wildman–Crippen MR) is 62.3 cm³/mol. The van der Waals surface area contributed by atoms with Crippen LogP contribution in [0, 0.1) is 0 Å². The zero-order valence-electron chi connectivity index (χ0n) is 9.80. The highest BCUT2D eigenvalue weighted by Crippen LogP contribution is 2.28. The molecular weight excluding hydrogens is 222 g/mol. The van der Waals surface area contributed by atoms with E-state index in [1.807, 2.05) is 6.92 Å². The zero-order chi connectivity index (χ0) is 12.8. The van der Waals surface area contributed by atoms with Gasteiger partial charge in [0.05, 0.1) is 6.61 Å². The van der Waals surface area contributed by atoms with E-state index in [-0.39, 0.29) is 0 Å². The van der Waals surface area contributed by atoms with Crippen molar-refractivity contribution in [1.82, 2.24) is 0 Å². The summed E-state index contributed by atoms with van der Waals surface area (Å²) in [6.07, 6.45) is -0.0413. The molecular formula is C12H15NO4. The standard InChI is InChI=1S/C12H15NO4/c1-3-16-11-6-9(7-14)4-5-10(11)17-8(2)12(13)15/h4-8H,3H2,1-2H3,(H2,13,15). The van der Waals surface area contributed by atoms with Crippen molar-refractivity contribution in [2.45, 2.75) is 20.0 Å². The molecule has 0 aliphatic heterocycles. The maximum absolute atomic E-state index is 10.9. The summed E-state index contributed by atoms with van der Waals surface area (Å²) < 4.78 is 10.7. The number of hydrogen-bond acceptors (Lipinski definition) is 4. The minimum absolute atomic E-state index is 0.392. The molecule has 0 fully saturated rings. The van der Waals surface area contributed by atoms with Crippen molar-refractivity contribution >= 4 is 12.2 Å². The van der Waals surface area contributed by atoms with Crippen molar-refractivity contribution < 1.29 is 19.1 Å². The van der Waals surface area contributed by atoms with Crippen LogP contribution in [0.1, 0.15) is 24.2 Å². The maximum Gasteiger partial charge on any atom is 0.258 e. The summed E-state index contributed by atoms with van der Waals surface area (Å²) in [5.41, 5.74) is 5.58. The van der Waals surface area contributed by atoms with Gasteiger partial charge in [-0.15, -0.1) is 0 Å². The van der Waals surface area contributed by atoms with Crippen LogP contribution in [0.25, 0.3) is 0 Å². The fraction of sp³-hybridized carbons (Fsp3) is 0.333.